The predicted octanol–water partition coefficient (Wildman–Crippen LogP) is 1.33. The minimum atomic E-state index is 0. The highest BCUT2D eigenvalue weighted by atomic mass is 15.4. The zero-order chi connectivity index (χ0) is 3.54. The average Bonchev–Trinajstić information content (AvgIpc) is 1.76. The molecule has 0 spiro atoms. The summed E-state index contributed by atoms with van der Waals surface area (Å²) in [4.78, 5) is 0. The average molecular weight is 112 g/mol. The van der Waals surface area contributed by atoms with Gasteiger partial charge in [0.05, 0.1) is 12.8 Å². The first-order valence-corrected chi connectivity index (χ1v) is 1.38. The van der Waals surface area contributed by atoms with Gasteiger partial charge in [0.15, 0.2) is 0 Å². The zero-order valence-corrected chi connectivity index (χ0v) is 3.20. The summed E-state index contributed by atoms with van der Waals surface area (Å²) in [5, 5.41) is 10.2. The molecule has 0 saturated carbocycles. The van der Waals surface area contributed by atoms with Gasteiger partial charge in [-0.15, -0.1) is 5.10 Å². The number of nitrogens with zero attached hydrogens (tertiary/aromatic N) is 3. The first-order chi connectivity index (χ1) is 2.50. The maximum atomic E-state index is 3.49. The predicted molar refractivity (Wildman–Crippen MR) is 37.4 cm³/mol. The molecule has 0 aromatic heterocycles. The van der Waals surface area contributed by atoms with Crippen molar-refractivity contribution in [3.8, 4) is 0 Å². The molecule has 0 amide bonds. The third kappa shape index (κ3) is 5.33. The monoisotopic (exact) mass is 112 g/mol. The Morgan fingerprint density at radius 1 is 1.25 bits per heavy atom. The van der Waals surface area contributed by atoms with E-state index < -0.39 is 0 Å². The molecule has 0 saturated heterocycles. The Labute approximate surface area is 52.5 Å². The molecule has 0 bridgehead atoms. The quantitative estimate of drug-likeness (QED) is 0.424. The normalized spacial score (nSPS) is 11.0. The van der Waals surface area contributed by atoms with E-state index in [0.29, 0.717) is 6.54 Å². The van der Waals surface area contributed by atoms with Crippen LogP contribution in [0.2, 0.25) is 0 Å². The highest BCUT2D eigenvalue weighted by Crippen LogP contribution is 1.80. The van der Waals surface area contributed by atoms with E-state index in [0.717, 1.165) is 0 Å². The Morgan fingerprint density at radius 2 is 1.88 bits per heavy atom. The first-order valence-electron chi connectivity index (χ1n) is 1.38. The molecule has 0 N–H and O–H groups in total. The van der Waals surface area contributed by atoms with Gasteiger partial charge in [-0.2, -0.15) is 5.11 Å². The molecular weight excluding hydrogens is 101 g/mol. The molecule has 4 heteroatoms. The van der Waals surface area contributed by atoms with Gasteiger partial charge in [-0.3, -0.25) is 0 Å². The molecule has 45 valence electrons. The van der Waals surface area contributed by atoms with Crippen molar-refractivity contribution >= 4 is 14.6 Å². The highest BCUT2D eigenvalue weighted by molar-refractivity contribution is 5.75. The lowest BCUT2D eigenvalue weighted by molar-refractivity contribution is 1.06. The van der Waals surface area contributed by atoms with E-state index in [4.69, 9.17) is 0 Å². The summed E-state index contributed by atoms with van der Waals surface area (Å²) in [7, 11) is 0. The van der Waals surface area contributed by atoms with E-state index in [1.807, 2.05) is 0 Å². The fraction of sp³-hybridized carbons (Fsp3) is 0.750. The SMILES string of the molecule is C.C.C1=NN=NC1.[B]. The topological polar surface area (TPSA) is 37.1 Å². The van der Waals surface area contributed by atoms with Crippen LogP contribution < -0.4 is 0 Å². The van der Waals surface area contributed by atoms with Crippen molar-refractivity contribution in [3.05, 3.63) is 0 Å². The van der Waals surface area contributed by atoms with Gasteiger partial charge in [0.25, 0.3) is 0 Å². The van der Waals surface area contributed by atoms with Gasteiger partial charge in [0.1, 0.15) is 0 Å². The summed E-state index contributed by atoms with van der Waals surface area (Å²) in [5.74, 6) is 0. The molecule has 0 aliphatic carbocycles. The second kappa shape index (κ2) is 9.59. The first kappa shape index (κ1) is 15.7. The molecule has 1 heterocycles. The smallest absolute Gasteiger partial charge is 0.0992 e. The van der Waals surface area contributed by atoms with E-state index in [1.54, 1.807) is 6.21 Å². The fourth-order valence-electron chi connectivity index (χ4n) is 0.183. The molecule has 3 nitrogen and oxygen atoms in total. The second-order valence-corrected chi connectivity index (χ2v) is 0.711. The molecule has 0 atom stereocenters. The maximum absolute atomic E-state index is 3.49. The lowest BCUT2D eigenvalue weighted by atomic mass is 10.8. The van der Waals surface area contributed by atoms with Crippen molar-refractivity contribution in [1.82, 2.24) is 0 Å². The highest BCUT2D eigenvalue weighted by Gasteiger charge is 1.75. The molecule has 0 aromatic rings. The van der Waals surface area contributed by atoms with Crippen LogP contribution in [0.25, 0.3) is 0 Å². The summed E-state index contributed by atoms with van der Waals surface area (Å²) in [5.41, 5.74) is 0. The minimum Gasteiger partial charge on any atom is -0.163 e. The summed E-state index contributed by atoms with van der Waals surface area (Å²) in [6.07, 6.45) is 1.65. The Kier molecular flexibility index (Phi) is 18.8. The molecule has 0 fully saturated rings. The Hall–Kier alpha value is -0.665. The van der Waals surface area contributed by atoms with E-state index in [1.165, 1.54) is 0 Å². The van der Waals surface area contributed by atoms with E-state index in [-0.39, 0.29) is 23.3 Å². The molecule has 3 radical (unpaired) electrons. The largest absolute Gasteiger partial charge is 0.163 e. The lowest BCUT2D eigenvalue weighted by Crippen LogP contribution is -1.65. The van der Waals surface area contributed by atoms with Crippen molar-refractivity contribution in [2.45, 2.75) is 14.9 Å². The van der Waals surface area contributed by atoms with Gasteiger partial charge in [-0.25, -0.2) is 0 Å². The van der Waals surface area contributed by atoms with Gasteiger partial charge >= 0.3 is 0 Å². The van der Waals surface area contributed by atoms with Crippen LogP contribution in [-0.4, -0.2) is 21.2 Å². The number of hydrogen-bond acceptors (Lipinski definition) is 3. The maximum Gasteiger partial charge on any atom is 0.0992 e. The minimum absolute atomic E-state index is 0. The summed E-state index contributed by atoms with van der Waals surface area (Å²) < 4.78 is 0. The summed E-state index contributed by atoms with van der Waals surface area (Å²) in [6.45, 7) is 0.667. The molecule has 8 heavy (non-hydrogen) atoms. The molecule has 0 aromatic carbocycles. The molecule has 1 aliphatic heterocycles. The molecule has 1 aliphatic rings. The van der Waals surface area contributed by atoms with Crippen LogP contribution in [0.4, 0.5) is 0 Å². The Bertz CT molecular complexity index is 69.4. The number of hydrogen-bond donors (Lipinski definition) is 0. The standard InChI is InChI=1S/C2H3N3.2CH4.B/c1-2-4-5-3-1;;;/h1H,2H2;2*1H4;. The van der Waals surface area contributed by atoms with Crippen molar-refractivity contribution in [2.75, 3.05) is 6.54 Å². The van der Waals surface area contributed by atoms with Crippen LogP contribution >= 0.6 is 0 Å². The third-order valence-electron chi connectivity index (χ3n) is 0.360. The molecule has 1 rings (SSSR count). The van der Waals surface area contributed by atoms with Crippen LogP contribution in [0.15, 0.2) is 15.4 Å². The van der Waals surface area contributed by atoms with Crippen LogP contribution in [0.5, 0.6) is 0 Å². The van der Waals surface area contributed by atoms with Crippen LogP contribution in [0, 0.1) is 0 Å². The van der Waals surface area contributed by atoms with Gasteiger partial charge in [-0.05, 0) is 5.22 Å². The molecular formula is C4H11BN3. The second-order valence-electron chi connectivity index (χ2n) is 0.711. The van der Waals surface area contributed by atoms with Crippen molar-refractivity contribution in [2.24, 2.45) is 15.4 Å². The van der Waals surface area contributed by atoms with Gasteiger partial charge in [0.2, 0.25) is 0 Å². The van der Waals surface area contributed by atoms with Gasteiger partial charge in [-0.1, -0.05) is 14.9 Å². The summed E-state index contributed by atoms with van der Waals surface area (Å²) in [6, 6.07) is 0. The van der Waals surface area contributed by atoms with E-state index in [2.05, 4.69) is 15.4 Å². The van der Waals surface area contributed by atoms with Gasteiger partial charge < -0.3 is 0 Å². The van der Waals surface area contributed by atoms with E-state index >= 15 is 0 Å². The van der Waals surface area contributed by atoms with E-state index in [9.17, 15) is 0 Å². The van der Waals surface area contributed by atoms with Crippen LogP contribution in [-0.2, 0) is 0 Å². The lowest BCUT2D eigenvalue weighted by Gasteiger charge is -1.52. The molecule has 0 unspecified atom stereocenters. The fourth-order valence-corrected chi connectivity index (χ4v) is 0.183. The van der Waals surface area contributed by atoms with Crippen LogP contribution in [0.3, 0.4) is 0 Å². The van der Waals surface area contributed by atoms with Crippen molar-refractivity contribution < 1.29 is 0 Å². The Balaban J connectivity index is -0.0000000833. The zero-order valence-electron chi connectivity index (χ0n) is 3.20. The van der Waals surface area contributed by atoms with Crippen molar-refractivity contribution in [1.29, 1.82) is 0 Å². The Morgan fingerprint density at radius 3 is 2.00 bits per heavy atom. The van der Waals surface area contributed by atoms with Crippen LogP contribution in [0.1, 0.15) is 14.9 Å². The van der Waals surface area contributed by atoms with Crippen molar-refractivity contribution in [3.63, 3.8) is 0 Å². The third-order valence-corrected chi connectivity index (χ3v) is 0.360. The summed E-state index contributed by atoms with van der Waals surface area (Å²) >= 11 is 0. The van der Waals surface area contributed by atoms with Gasteiger partial charge in [0, 0.05) is 8.41 Å². The number of rotatable bonds is 0.